The third kappa shape index (κ3) is 2.37. The molecule has 3 aromatic rings. The van der Waals surface area contributed by atoms with E-state index in [2.05, 4.69) is 42.2 Å². The summed E-state index contributed by atoms with van der Waals surface area (Å²) in [6.07, 6.45) is 2.22. The maximum absolute atomic E-state index is 9.19. The number of benzene rings is 2. The zero-order chi connectivity index (χ0) is 14.8. The lowest BCUT2D eigenvalue weighted by Gasteiger charge is -2.06. The van der Waals surface area contributed by atoms with Gasteiger partial charge in [-0.25, -0.2) is 0 Å². The number of hydrogen-bond acceptors (Lipinski definition) is 2. The Morgan fingerprint density at radius 3 is 2.62 bits per heavy atom. The molecule has 3 nitrogen and oxygen atoms in total. The van der Waals surface area contributed by atoms with Crippen molar-refractivity contribution in [1.82, 2.24) is 9.55 Å². The summed E-state index contributed by atoms with van der Waals surface area (Å²) >= 11 is 5.42. The lowest BCUT2D eigenvalue weighted by atomic mass is 10.1. The number of aromatic amines is 1. The van der Waals surface area contributed by atoms with Gasteiger partial charge >= 0.3 is 0 Å². The molecular weight excluding hydrogens is 278 g/mol. The number of H-pyrrole nitrogens is 1. The highest BCUT2D eigenvalue weighted by molar-refractivity contribution is 7.71. The Hall–Kier alpha value is -2.38. The van der Waals surface area contributed by atoms with Crippen LogP contribution in [0, 0.1) is 16.1 Å². The van der Waals surface area contributed by atoms with Gasteiger partial charge in [0.05, 0.1) is 16.6 Å². The summed E-state index contributed by atoms with van der Waals surface area (Å²) in [6, 6.07) is 16.3. The Morgan fingerprint density at radius 1 is 1.19 bits per heavy atom. The molecule has 104 valence electrons. The Bertz CT molecular complexity index is 879. The number of nitriles is 1. The lowest BCUT2D eigenvalue weighted by molar-refractivity contribution is 0.920. The molecule has 0 aliphatic carbocycles. The van der Waals surface area contributed by atoms with Crippen molar-refractivity contribution < 1.29 is 0 Å². The summed E-state index contributed by atoms with van der Waals surface area (Å²) in [4.78, 5) is 3.14. The van der Waals surface area contributed by atoms with Crippen LogP contribution in [-0.4, -0.2) is 9.55 Å². The van der Waals surface area contributed by atoms with Gasteiger partial charge in [-0.2, -0.15) is 5.26 Å². The first-order valence-corrected chi connectivity index (χ1v) is 7.38. The van der Waals surface area contributed by atoms with Crippen LogP contribution < -0.4 is 0 Å². The van der Waals surface area contributed by atoms with Crippen LogP contribution in [0.25, 0.3) is 16.7 Å². The minimum absolute atomic E-state index is 0.607. The van der Waals surface area contributed by atoms with E-state index in [-0.39, 0.29) is 0 Å². The van der Waals surface area contributed by atoms with Gasteiger partial charge in [-0.3, -0.25) is 4.57 Å². The van der Waals surface area contributed by atoms with E-state index in [1.54, 1.807) is 6.07 Å². The zero-order valence-electron chi connectivity index (χ0n) is 11.8. The monoisotopic (exact) mass is 293 g/mol. The molecule has 0 aliphatic heterocycles. The molecule has 21 heavy (non-hydrogen) atoms. The third-order valence-electron chi connectivity index (χ3n) is 3.57. The van der Waals surface area contributed by atoms with E-state index in [1.165, 1.54) is 5.56 Å². The summed E-state index contributed by atoms with van der Waals surface area (Å²) < 4.78 is 2.58. The highest BCUT2D eigenvalue weighted by Gasteiger charge is 2.09. The van der Waals surface area contributed by atoms with Crippen LogP contribution in [0.5, 0.6) is 0 Å². The van der Waals surface area contributed by atoms with Crippen molar-refractivity contribution in [3.63, 3.8) is 0 Å². The molecule has 0 amide bonds. The number of aromatic nitrogens is 2. The average molecular weight is 293 g/mol. The predicted octanol–water partition coefficient (Wildman–Crippen LogP) is 4.51. The molecule has 0 radical (unpaired) electrons. The molecule has 2 aromatic carbocycles. The standard InChI is InChI=1S/C17H15N3S/c1-2-4-12-7-9-14(10-8-12)20-15-6-3-5-13(11-18)16(15)19-17(20)21/h3,5-10H,2,4H2,1H3,(H,19,21). The Morgan fingerprint density at radius 2 is 1.95 bits per heavy atom. The van der Waals surface area contributed by atoms with Crippen LogP contribution in [0.4, 0.5) is 0 Å². The van der Waals surface area contributed by atoms with Crippen LogP contribution in [0.1, 0.15) is 24.5 Å². The number of aryl methyl sites for hydroxylation is 1. The first-order chi connectivity index (χ1) is 10.2. The van der Waals surface area contributed by atoms with E-state index >= 15 is 0 Å². The number of para-hydroxylation sites is 1. The van der Waals surface area contributed by atoms with E-state index < -0.39 is 0 Å². The second-order valence-electron chi connectivity index (χ2n) is 4.99. The molecule has 0 fully saturated rings. The number of fused-ring (bicyclic) bond motifs is 1. The topological polar surface area (TPSA) is 44.5 Å². The number of nitrogens with one attached hydrogen (secondary N) is 1. The summed E-state index contributed by atoms with van der Waals surface area (Å²) in [5.41, 5.74) is 4.68. The van der Waals surface area contributed by atoms with Crippen molar-refractivity contribution in [2.45, 2.75) is 19.8 Å². The van der Waals surface area contributed by atoms with Crippen molar-refractivity contribution in [2.75, 3.05) is 0 Å². The Kier molecular flexibility index (Phi) is 3.59. The van der Waals surface area contributed by atoms with Crippen molar-refractivity contribution in [1.29, 1.82) is 5.26 Å². The van der Waals surface area contributed by atoms with Crippen LogP contribution in [0.2, 0.25) is 0 Å². The molecule has 3 rings (SSSR count). The molecule has 1 heterocycles. The van der Waals surface area contributed by atoms with E-state index in [0.29, 0.717) is 10.3 Å². The number of hydrogen-bond donors (Lipinski definition) is 1. The summed E-state index contributed by atoms with van der Waals surface area (Å²) in [6.45, 7) is 2.17. The first kappa shape index (κ1) is 13.6. The number of nitrogens with zero attached hydrogens (tertiary/aromatic N) is 2. The third-order valence-corrected chi connectivity index (χ3v) is 3.86. The lowest BCUT2D eigenvalue weighted by Crippen LogP contribution is -1.94. The average Bonchev–Trinajstić information content (AvgIpc) is 2.84. The quantitative estimate of drug-likeness (QED) is 0.722. The van der Waals surface area contributed by atoms with Gasteiger partial charge in [-0.1, -0.05) is 31.5 Å². The molecule has 4 heteroatoms. The number of imidazole rings is 1. The fraction of sp³-hybridized carbons (Fsp3) is 0.176. The highest BCUT2D eigenvalue weighted by Crippen LogP contribution is 2.22. The molecule has 0 saturated heterocycles. The summed E-state index contributed by atoms with van der Waals surface area (Å²) in [5, 5.41) is 9.19. The van der Waals surface area contributed by atoms with E-state index in [4.69, 9.17) is 12.2 Å². The normalized spacial score (nSPS) is 10.7. The van der Waals surface area contributed by atoms with E-state index in [0.717, 1.165) is 29.6 Å². The second-order valence-corrected chi connectivity index (χ2v) is 5.38. The van der Waals surface area contributed by atoms with Crippen molar-refractivity contribution in [3.8, 4) is 11.8 Å². The van der Waals surface area contributed by atoms with Crippen molar-refractivity contribution in [3.05, 3.63) is 58.4 Å². The van der Waals surface area contributed by atoms with Gasteiger partial charge in [0.1, 0.15) is 6.07 Å². The fourth-order valence-corrected chi connectivity index (χ4v) is 2.89. The molecule has 0 atom stereocenters. The minimum Gasteiger partial charge on any atom is -0.329 e. The fourth-order valence-electron chi connectivity index (χ4n) is 2.58. The van der Waals surface area contributed by atoms with Crippen LogP contribution in [0.3, 0.4) is 0 Å². The van der Waals surface area contributed by atoms with Crippen LogP contribution in [0.15, 0.2) is 42.5 Å². The molecule has 1 aromatic heterocycles. The molecule has 0 unspecified atom stereocenters. The molecule has 0 aliphatic rings. The Balaban J connectivity index is 2.19. The van der Waals surface area contributed by atoms with E-state index in [1.807, 2.05) is 16.7 Å². The smallest absolute Gasteiger partial charge is 0.182 e. The van der Waals surface area contributed by atoms with Crippen molar-refractivity contribution in [2.24, 2.45) is 0 Å². The van der Waals surface area contributed by atoms with Gasteiger partial charge in [0.25, 0.3) is 0 Å². The van der Waals surface area contributed by atoms with Gasteiger partial charge in [0, 0.05) is 5.69 Å². The highest BCUT2D eigenvalue weighted by atomic mass is 32.1. The van der Waals surface area contributed by atoms with Crippen molar-refractivity contribution >= 4 is 23.3 Å². The first-order valence-electron chi connectivity index (χ1n) is 6.97. The predicted molar refractivity (Wildman–Crippen MR) is 87.2 cm³/mol. The van der Waals surface area contributed by atoms with Gasteiger partial charge < -0.3 is 4.98 Å². The van der Waals surface area contributed by atoms with E-state index in [9.17, 15) is 5.26 Å². The molecule has 1 N–H and O–H groups in total. The molecule has 0 saturated carbocycles. The van der Waals surface area contributed by atoms with Crippen LogP contribution in [-0.2, 0) is 6.42 Å². The van der Waals surface area contributed by atoms with Gasteiger partial charge in [0.15, 0.2) is 4.77 Å². The SMILES string of the molecule is CCCc1ccc(-n2c(=S)[nH]c3c(C#N)cccc32)cc1. The van der Waals surface area contributed by atoms with Gasteiger partial charge in [-0.15, -0.1) is 0 Å². The molecule has 0 spiro atoms. The van der Waals surface area contributed by atoms with Crippen LogP contribution >= 0.6 is 12.2 Å². The zero-order valence-corrected chi connectivity index (χ0v) is 12.6. The molecule has 0 bridgehead atoms. The number of rotatable bonds is 3. The minimum atomic E-state index is 0.607. The maximum Gasteiger partial charge on any atom is 0.182 e. The van der Waals surface area contributed by atoms with Gasteiger partial charge in [-0.05, 0) is 48.5 Å². The maximum atomic E-state index is 9.19. The summed E-state index contributed by atoms with van der Waals surface area (Å²) in [7, 11) is 0. The molecular formula is C17H15N3S. The largest absolute Gasteiger partial charge is 0.329 e. The van der Waals surface area contributed by atoms with Gasteiger partial charge in [0.2, 0.25) is 0 Å². The Labute approximate surface area is 128 Å². The second kappa shape index (κ2) is 5.55. The summed E-state index contributed by atoms with van der Waals surface area (Å²) in [5.74, 6) is 0.